The van der Waals surface area contributed by atoms with Gasteiger partial charge < -0.3 is 35.6 Å². The van der Waals surface area contributed by atoms with E-state index in [0.29, 0.717) is 39.0 Å². The average Bonchev–Trinajstić information content (AvgIpc) is 3.08. The van der Waals surface area contributed by atoms with Gasteiger partial charge in [-0.3, -0.25) is 24.0 Å². The number of rotatable bonds is 24. The standard InChI is InChI=1S/C32H48ClN5O9S2/c1-22(2)30(32(45)47-4)37-28(42)21-49-19-26(40)35-13-9-15-38(29(43)17-33)14-8-12-34-25(39)18-48-20-27(41)36-24(31(44)46-3)16-23-10-6-5-7-11-23/h5-7,10-11,22,24,30H,8-9,12-21H2,1-4H3,(H,34,39)(H,35,40)(H,36,41)(H,37,42)/t24-,30-/m0/s1. The molecule has 0 aliphatic heterocycles. The molecule has 0 unspecified atom stereocenters. The number of methoxy groups -OCH3 is 2. The van der Waals surface area contributed by atoms with Crippen molar-refractivity contribution in [1.29, 1.82) is 0 Å². The topological polar surface area (TPSA) is 189 Å². The first-order valence-corrected chi connectivity index (χ1v) is 18.6. The molecule has 0 aromatic heterocycles. The molecule has 0 spiro atoms. The first-order chi connectivity index (χ1) is 23.4. The highest BCUT2D eigenvalue weighted by molar-refractivity contribution is 8.00. The van der Waals surface area contributed by atoms with Crippen LogP contribution in [0.5, 0.6) is 0 Å². The zero-order valence-corrected chi connectivity index (χ0v) is 30.8. The maximum atomic E-state index is 12.4. The Morgan fingerprint density at radius 2 is 1.22 bits per heavy atom. The third kappa shape index (κ3) is 19.3. The predicted molar refractivity (Wildman–Crippen MR) is 190 cm³/mol. The van der Waals surface area contributed by atoms with Gasteiger partial charge in [-0.2, -0.15) is 0 Å². The smallest absolute Gasteiger partial charge is 0.328 e. The summed E-state index contributed by atoms with van der Waals surface area (Å²) in [7, 11) is 2.51. The van der Waals surface area contributed by atoms with Crippen molar-refractivity contribution in [3.63, 3.8) is 0 Å². The first-order valence-electron chi connectivity index (χ1n) is 15.7. The minimum Gasteiger partial charge on any atom is -0.467 e. The third-order valence-electron chi connectivity index (χ3n) is 6.80. The van der Waals surface area contributed by atoms with Crippen molar-refractivity contribution in [1.82, 2.24) is 26.2 Å². The number of nitrogens with one attached hydrogen (secondary N) is 4. The second-order valence-corrected chi connectivity index (χ2v) is 13.3. The lowest BCUT2D eigenvalue weighted by atomic mass is 10.1. The van der Waals surface area contributed by atoms with Gasteiger partial charge in [-0.15, -0.1) is 35.1 Å². The summed E-state index contributed by atoms with van der Waals surface area (Å²) in [6, 6.07) is 7.63. The van der Waals surface area contributed by atoms with Crippen LogP contribution in [-0.4, -0.2) is 128 Å². The van der Waals surface area contributed by atoms with Crippen LogP contribution in [0.1, 0.15) is 32.3 Å². The molecule has 274 valence electrons. The average molecular weight is 746 g/mol. The van der Waals surface area contributed by atoms with E-state index in [-0.39, 0.29) is 64.9 Å². The van der Waals surface area contributed by atoms with Gasteiger partial charge in [-0.05, 0) is 24.3 Å². The molecule has 0 bridgehead atoms. The Kier molecular flexibility index (Phi) is 22.6. The molecule has 5 amide bonds. The number of thioether (sulfide) groups is 2. The second-order valence-electron chi connectivity index (χ2n) is 11.1. The van der Waals surface area contributed by atoms with E-state index in [0.717, 1.165) is 29.1 Å². The van der Waals surface area contributed by atoms with Gasteiger partial charge in [0.2, 0.25) is 29.5 Å². The molecule has 2 atom stereocenters. The van der Waals surface area contributed by atoms with Crippen LogP contribution in [0.4, 0.5) is 0 Å². The molecule has 4 N–H and O–H groups in total. The molecule has 0 radical (unpaired) electrons. The van der Waals surface area contributed by atoms with E-state index in [2.05, 4.69) is 21.3 Å². The summed E-state index contributed by atoms with van der Waals surface area (Å²) in [4.78, 5) is 86.7. The van der Waals surface area contributed by atoms with Gasteiger partial charge in [-0.1, -0.05) is 44.2 Å². The van der Waals surface area contributed by atoms with Crippen LogP contribution in [0, 0.1) is 5.92 Å². The Hall–Kier alpha value is -3.50. The lowest BCUT2D eigenvalue weighted by molar-refractivity contribution is -0.146. The minimum absolute atomic E-state index is 0.00283. The number of esters is 2. The van der Waals surface area contributed by atoms with E-state index in [1.54, 1.807) is 18.7 Å². The van der Waals surface area contributed by atoms with Crippen molar-refractivity contribution >= 4 is 76.6 Å². The lowest BCUT2D eigenvalue weighted by Gasteiger charge is -2.22. The molecule has 0 aliphatic carbocycles. The van der Waals surface area contributed by atoms with Crippen LogP contribution in [-0.2, 0) is 49.5 Å². The van der Waals surface area contributed by atoms with Crippen LogP contribution in [0.25, 0.3) is 0 Å². The molecule has 0 aliphatic rings. The van der Waals surface area contributed by atoms with Crippen molar-refractivity contribution in [3.8, 4) is 0 Å². The van der Waals surface area contributed by atoms with Crippen molar-refractivity contribution in [2.24, 2.45) is 5.92 Å². The fourth-order valence-corrected chi connectivity index (χ4v) is 5.76. The molecule has 0 fully saturated rings. The van der Waals surface area contributed by atoms with E-state index < -0.39 is 29.9 Å². The van der Waals surface area contributed by atoms with E-state index in [4.69, 9.17) is 21.1 Å². The highest BCUT2D eigenvalue weighted by Gasteiger charge is 2.25. The number of alkyl halides is 1. The molecule has 1 aromatic rings. The summed E-state index contributed by atoms with van der Waals surface area (Å²) in [5.74, 6) is -2.95. The molecular weight excluding hydrogens is 698 g/mol. The summed E-state index contributed by atoms with van der Waals surface area (Å²) < 4.78 is 9.50. The van der Waals surface area contributed by atoms with Crippen LogP contribution >= 0.6 is 35.1 Å². The Balaban J connectivity index is 2.28. The number of ether oxygens (including phenoxy) is 2. The van der Waals surface area contributed by atoms with Crippen molar-refractivity contribution in [2.45, 2.75) is 45.2 Å². The molecule has 0 saturated heterocycles. The van der Waals surface area contributed by atoms with Crippen LogP contribution in [0.15, 0.2) is 30.3 Å². The van der Waals surface area contributed by atoms with Gasteiger partial charge in [0.15, 0.2) is 0 Å². The summed E-state index contributed by atoms with van der Waals surface area (Å²) >= 11 is 7.97. The van der Waals surface area contributed by atoms with Crippen LogP contribution in [0.2, 0.25) is 0 Å². The van der Waals surface area contributed by atoms with Crippen molar-refractivity contribution in [3.05, 3.63) is 35.9 Å². The summed E-state index contributed by atoms with van der Waals surface area (Å²) in [5, 5.41) is 10.8. The normalized spacial score (nSPS) is 11.9. The van der Waals surface area contributed by atoms with Crippen molar-refractivity contribution in [2.75, 3.05) is 69.3 Å². The highest BCUT2D eigenvalue weighted by Crippen LogP contribution is 2.07. The molecule has 1 rings (SSSR count). The molecule has 0 heterocycles. The number of carbonyl (C=O) groups is 7. The van der Waals surface area contributed by atoms with Crippen molar-refractivity contribution < 1.29 is 43.0 Å². The largest absolute Gasteiger partial charge is 0.467 e. The molecular formula is C32H48ClN5O9S2. The van der Waals surface area contributed by atoms with Gasteiger partial charge >= 0.3 is 11.9 Å². The predicted octanol–water partition coefficient (Wildman–Crippen LogP) is 0.747. The van der Waals surface area contributed by atoms with Gasteiger partial charge in [0, 0.05) is 32.6 Å². The monoisotopic (exact) mass is 745 g/mol. The second kappa shape index (κ2) is 25.5. The number of hydrogen-bond donors (Lipinski definition) is 4. The zero-order valence-electron chi connectivity index (χ0n) is 28.4. The molecule has 0 saturated carbocycles. The fraction of sp³-hybridized carbons (Fsp3) is 0.594. The Morgan fingerprint density at radius 1 is 0.735 bits per heavy atom. The quantitative estimate of drug-likeness (QED) is 0.0664. The number of nitrogens with zero attached hydrogens (tertiary/aromatic N) is 1. The summed E-state index contributed by atoms with van der Waals surface area (Å²) in [5.41, 5.74) is 0.869. The van der Waals surface area contributed by atoms with Crippen LogP contribution in [0.3, 0.4) is 0 Å². The molecule has 49 heavy (non-hydrogen) atoms. The highest BCUT2D eigenvalue weighted by atomic mass is 35.5. The number of halogens is 1. The maximum absolute atomic E-state index is 12.4. The Morgan fingerprint density at radius 3 is 1.69 bits per heavy atom. The zero-order chi connectivity index (χ0) is 36.6. The third-order valence-corrected chi connectivity index (χ3v) is 8.89. The SMILES string of the molecule is COC(=O)[C@H](Cc1ccccc1)NC(=O)CSCC(=O)NCCCN(CCCNC(=O)CSCC(=O)N[C@H](C(=O)OC)C(C)C)C(=O)CCl. The van der Waals surface area contributed by atoms with E-state index in [1.807, 2.05) is 30.3 Å². The van der Waals surface area contributed by atoms with Gasteiger partial charge in [0.25, 0.3) is 0 Å². The molecule has 17 heteroatoms. The number of carbonyl (C=O) groups excluding carboxylic acids is 7. The maximum Gasteiger partial charge on any atom is 0.328 e. The number of hydrogen-bond acceptors (Lipinski definition) is 11. The Bertz CT molecular complexity index is 1230. The lowest BCUT2D eigenvalue weighted by Crippen LogP contribution is -2.45. The van der Waals surface area contributed by atoms with Gasteiger partial charge in [0.1, 0.15) is 18.0 Å². The minimum atomic E-state index is -0.840. The molecule has 14 nitrogen and oxygen atoms in total. The first kappa shape index (κ1) is 43.5. The number of amides is 5. The number of benzene rings is 1. The summed E-state index contributed by atoms with van der Waals surface area (Å²) in [6.45, 7) is 4.88. The van der Waals surface area contributed by atoms with Gasteiger partial charge in [0.05, 0.1) is 37.2 Å². The van der Waals surface area contributed by atoms with Crippen LogP contribution < -0.4 is 21.3 Å². The fourth-order valence-electron chi connectivity index (χ4n) is 4.28. The molecule has 1 aromatic carbocycles. The van der Waals surface area contributed by atoms with Gasteiger partial charge in [-0.25, -0.2) is 9.59 Å². The Labute approximate surface area is 301 Å². The summed E-state index contributed by atoms with van der Waals surface area (Å²) in [6.07, 6.45) is 1.23. The van der Waals surface area contributed by atoms with E-state index in [1.165, 1.54) is 14.2 Å². The van der Waals surface area contributed by atoms with E-state index >= 15 is 0 Å². The van der Waals surface area contributed by atoms with E-state index in [9.17, 15) is 33.6 Å².